The van der Waals surface area contributed by atoms with Crippen molar-refractivity contribution in [3.8, 4) is 0 Å². The number of thiazole rings is 1. The Morgan fingerprint density at radius 2 is 2.14 bits per heavy atom. The van der Waals surface area contributed by atoms with Crippen LogP contribution in [0.25, 0.3) is 0 Å². The number of pyridine rings is 1. The van der Waals surface area contributed by atoms with Gasteiger partial charge in [-0.3, -0.25) is 4.79 Å². The van der Waals surface area contributed by atoms with Crippen LogP contribution in [-0.2, 0) is 11.2 Å². The summed E-state index contributed by atoms with van der Waals surface area (Å²) in [5.74, 6) is 0.939. The standard InChI is InChI=1S/C15H20N4OS/c1-11-4-3-7-17-15(11)18-9-8-16-14(20)6-5-13-12(2)19-10-21-13/h3-4,7,10H,5-6,8-9H2,1-2H3,(H,16,20)(H,17,18). The van der Waals surface area contributed by atoms with Gasteiger partial charge in [0.2, 0.25) is 5.91 Å². The van der Waals surface area contributed by atoms with E-state index in [0.29, 0.717) is 19.5 Å². The van der Waals surface area contributed by atoms with Gasteiger partial charge in [0.25, 0.3) is 0 Å². The van der Waals surface area contributed by atoms with E-state index in [1.165, 1.54) is 4.88 Å². The van der Waals surface area contributed by atoms with Crippen LogP contribution in [-0.4, -0.2) is 29.0 Å². The molecule has 0 aliphatic heterocycles. The summed E-state index contributed by atoms with van der Waals surface area (Å²) in [5.41, 5.74) is 3.95. The first-order valence-electron chi connectivity index (χ1n) is 6.98. The molecule has 0 spiro atoms. The van der Waals surface area contributed by atoms with Crippen molar-refractivity contribution in [3.05, 3.63) is 40.0 Å². The molecule has 0 atom stereocenters. The van der Waals surface area contributed by atoms with Crippen molar-refractivity contribution < 1.29 is 4.79 Å². The van der Waals surface area contributed by atoms with Gasteiger partial charge in [-0.2, -0.15) is 0 Å². The van der Waals surface area contributed by atoms with Crippen molar-refractivity contribution in [1.29, 1.82) is 0 Å². The minimum Gasteiger partial charge on any atom is -0.368 e. The number of hydrogen-bond donors (Lipinski definition) is 2. The molecule has 5 nitrogen and oxygen atoms in total. The molecule has 2 heterocycles. The monoisotopic (exact) mass is 304 g/mol. The third-order valence-electron chi connectivity index (χ3n) is 3.17. The van der Waals surface area contributed by atoms with Crippen molar-refractivity contribution >= 4 is 23.1 Å². The Hall–Kier alpha value is -1.95. The topological polar surface area (TPSA) is 66.9 Å². The zero-order valence-electron chi connectivity index (χ0n) is 12.3. The summed E-state index contributed by atoms with van der Waals surface area (Å²) < 4.78 is 0. The minimum atomic E-state index is 0.0716. The average Bonchev–Trinajstić information content (AvgIpc) is 2.88. The lowest BCUT2D eigenvalue weighted by Crippen LogP contribution is -2.29. The first kappa shape index (κ1) is 15.4. The summed E-state index contributed by atoms with van der Waals surface area (Å²) in [4.78, 5) is 21.4. The Bertz CT molecular complexity index is 597. The van der Waals surface area contributed by atoms with Gasteiger partial charge in [-0.15, -0.1) is 11.3 Å². The van der Waals surface area contributed by atoms with E-state index in [9.17, 15) is 4.79 Å². The van der Waals surface area contributed by atoms with Crippen molar-refractivity contribution in [2.45, 2.75) is 26.7 Å². The highest BCUT2D eigenvalue weighted by Gasteiger charge is 2.05. The molecule has 0 aliphatic rings. The lowest BCUT2D eigenvalue weighted by atomic mass is 10.2. The zero-order valence-corrected chi connectivity index (χ0v) is 13.2. The van der Waals surface area contributed by atoms with Gasteiger partial charge in [-0.1, -0.05) is 6.07 Å². The Kier molecular flexibility index (Phi) is 5.68. The number of anilines is 1. The number of carbonyl (C=O) groups is 1. The quantitative estimate of drug-likeness (QED) is 0.770. The largest absolute Gasteiger partial charge is 0.368 e. The lowest BCUT2D eigenvalue weighted by molar-refractivity contribution is -0.120. The summed E-state index contributed by atoms with van der Waals surface area (Å²) in [6.45, 7) is 5.24. The molecule has 0 radical (unpaired) electrons. The Morgan fingerprint density at radius 3 is 2.86 bits per heavy atom. The second kappa shape index (κ2) is 7.73. The summed E-state index contributed by atoms with van der Waals surface area (Å²) in [7, 11) is 0. The van der Waals surface area contributed by atoms with Gasteiger partial charge in [0.1, 0.15) is 5.82 Å². The highest BCUT2D eigenvalue weighted by molar-refractivity contribution is 7.09. The van der Waals surface area contributed by atoms with E-state index in [4.69, 9.17) is 0 Å². The SMILES string of the molecule is Cc1cccnc1NCCNC(=O)CCc1scnc1C. The number of hydrogen-bond acceptors (Lipinski definition) is 5. The number of aryl methyl sites for hydroxylation is 3. The fourth-order valence-electron chi connectivity index (χ4n) is 1.94. The maximum Gasteiger partial charge on any atom is 0.220 e. The molecule has 2 rings (SSSR count). The summed E-state index contributed by atoms with van der Waals surface area (Å²) in [5, 5.41) is 6.12. The smallest absolute Gasteiger partial charge is 0.220 e. The molecule has 1 amide bonds. The average molecular weight is 304 g/mol. The van der Waals surface area contributed by atoms with E-state index < -0.39 is 0 Å². The Balaban J connectivity index is 1.63. The zero-order chi connectivity index (χ0) is 15.1. The second-order valence-electron chi connectivity index (χ2n) is 4.81. The van der Waals surface area contributed by atoms with E-state index in [2.05, 4.69) is 20.6 Å². The van der Waals surface area contributed by atoms with Gasteiger partial charge >= 0.3 is 0 Å². The van der Waals surface area contributed by atoms with Crippen molar-refractivity contribution in [1.82, 2.24) is 15.3 Å². The van der Waals surface area contributed by atoms with Gasteiger partial charge in [0, 0.05) is 30.6 Å². The fourth-order valence-corrected chi connectivity index (χ4v) is 2.72. The normalized spacial score (nSPS) is 10.4. The van der Waals surface area contributed by atoms with Crippen LogP contribution in [0.4, 0.5) is 5.82 Å². The van der Waals surface area contributed by atoms with Crippen LogP contribution in [0.5, 0.6) is 0 Å². The van der Waals surface area contributed by atoms with E-state index in [0.717, 1.165) is 23.5 Å². The van der Waals surface area contributed by atoms with Gasteiger partial charge in [0.15, 0.2) is 0 Å². The van der Waals surface area contributed by atoms with Crippen LogP contribution < -0.4 is 10.6 Å². The molecule has 0 bridgehead atoms. The van der Waals surface area contributed by atoms with Gasteiger partial charge < -0.3 is 10.6 Å². The number of amides is 1. The third kappa shape index (κ3) is 4.82. The summed E-state index contributed by atoms with van der Waals surface area (Å²) >= 11 is 1.61. The Morgan fingerprint density at radius 1 is 1.29 bits per heavy atom. The number of carbonyl (C=O) groups excluding carboxylic acids is 1. The number of aromatic nitrogens is 2. The van der Waals surface area contributed by atoms with E-state index in [1.54, 1.807) is 17.5 Å². The van der Waals surface area contributed by atoms with Crippen molar-refractivity contribution in [2.75, 3.05) is 18.4 Å². The van der Waals surface area contributed by atoms with E-state index in [1.807, 2.05) is 31.5 Å². The molecule has 112 valence electrons. The molecule has 6 heteroatoms. The van der Waals surface area contributed by atoms with Crippen LogP contribution in [0.2, 0.25) is 0 Å². The molecular formula is C15H20N4OS. The summed E-state index contributed by atoms with van der Waals surface area (Å²) in [6, 6.07) is 3.91. The molecule has 21 heavy (non-hydrogen) atoms. The molecule has 0 aliphatic carbocycles. The maximum atomic E-state index is 11.8. The van der Waals surface area contributed by atoms with Crippen molar-refractivity contribution in [2.24, 2.45) is 0 Å². The lowest BCUT2D eigenvalue weighted by Gasteiger charge is -2.09. The predicted molar refractivity (Wildman–Crippen MR) is 85.6 cm³/mol. The highest BCUT2D eigenvalue weighted by atomic mass is 32.1. The molecular weight excluding hydrogens is 284 g/mol. The van der Waals surface area contributed by atoms with Crippen LogP contribution >= 0.6 is 11.3 Å². The number of nitrogens with one attached hydrogen (secondary N) is 2. The molecule has 2 N–H and O–H groups in total. The summed E-state index contributed by atoms with van der Waals surface area (Å²) in [6.07, 6.45) is 3.02. The molecule has 0 saturated carbocycles. The van der Waals surface area contributed by atoms with Crippen LogP contribution in [0.15, 0.2) is 23.8 Å². The van der Waals surface area contributed by atoms with Crippen LogP contribution in [0, 0.1) is 13.8 Å². The molecule has 0 fully saturated rings. The molecule has 2 aromatic rings. The van der Waals surface area contributed by atoms with Gasteiger partial charge in [-0.25, -0.2) is 9.97 Å². The van der Waals surface area contributed by atoms with E-state index >= 15 is 0 Å². The fraction of sp³-hybridized carbons (Fsp3) is 0.400. The van der Waals surface area contributed by atoms with Gasteiger partial charge in [0.05, 0.1) is 11.2 Å². The van der Waals surface area contributed by atoms with Gasteiger partial charge in [-0.05, 0) is 31.9 Å². The molecule has 0 saturated heterocycles. The maximum absolute atomic E-state index is 11.8. The first-order valence-corrected chi connectivity index (χ1v) is 7.86. The highest BCUT2D eigenvalue weighted by Crippen LogP contribution is 2.14. The predicted octanol–water partition coefficient (Wildman–Crippen LogP) is 2.32. The van der Waals surface area contributed by atoms with Crippen LogP contribution in [0.3, 0.4) is 0 Å². The first-order chi connectivity index (χ1) is 10.2. The van der Waals surface area contributed by atoms with Crippen LogP contribution in [0.1, 0.15) is 22.6 Å². The Labute approximate surface area is 128 Å². The molecule has 0 aromatic carbocycles. The third-order valence-corrected chi connectivity index (χ3v) is 4.17. The minimum absolute atomic E-state index is 0.0716. The van der Waals surface area contributed by atoms with E-state index in [-0.39, 0.29) is 5.91 Å². The molecule has 2 aromatic heterocycles. The van der Waals surface area contributed by atoms with Crippen molar-refractivity contribution in [3.63, 3.8) is 0 Å². The molecule has 0 unspecified atom stereocenters. The number of rotatable bonds is 7. The number of nitrogens with zero attached hydrogens (tertiary/aromatic N) is 2. The second-order valence-corrected chi connectivity index (χ2v) is 5.75.